The van der Waals surface area contributed by atoms with Gasteiger partial charge in [-0.05, 0) is 84.1 Å². The van der Waals surface area contributed by atoms with Crippen molar-refractivity contribution in [1.82, 2.24) is 0 Å². The maximum atomic E-state index is 6.84. The van der Waals surface area contributed by atoms with Gasteiger partial charge in [-0.15, -0.1) is 0 Å². The average molecular weight is 723 g/mol. The highest BCUT2D eigenvalue weighted by atomic mass is 32.9. The Hall–Kier alpha value is -1.74. The number of hydrogen-bond donors (Lipinski definition) is 0. The Balaban J connectivity index is 1.57. The van der Waals surface area contributed by atoms with Crippen molar-refractivity contribution in [3.05, 3.63) is 95.6 Å². The first kappa shape index (κ1) is 41.7. The number of unbranched alkanes of at least 4 members (excludes halogenated alkanes) is 18. The predicted octanol–water partition coefficient (Wildman–Crippen LogP) is 15.3. The quantitative estimate of drug-likeness (QED) is 0.0503. The minimum absolute atomic E-state index is 0.864. The second-order valence-corrected chi connectivity index (χ2v) is 20.1. The van der Waals surface area contributed by atoms with Gasteiger partial charge in [0.15, 0.2) is 0 Å². The van der Waals surface area contributed by atoms with E-state index in [-0.39, 0.29) is 0 Å². The zero-order valence-electron chi connectivity index (χ0n) is 31.1. The van der Waals surface area contributed by atoms with E-state index in [2.05, 4.69) is 92.7 Å². The molecule has 3 rings (SSSR count). The van der Waals surface area contributed by atoms with Crippen LogP contribution in [-0.2, 0) is 31.1 Å². The van der Waals surface area contributed by atoms with E-state index < -0.39 is 5.69 Å². The van der Waals surface area contributed by atoms with Crippen molar-refractivity contribution in [1.29, 1.82) is 0 Å². The smallest absolute Gasteiger partial charge is 0.348 e. The summed E-state index contributed by atoms with van der Waals surface area (Å²) in [6.45, 7) is 4.58. The minimum Gasteiger partial charge on any atom is -0.428 e. The molecule has 0 bridgehead atoms. The number of hydrogen-bond acceptors (Lipinski definition) is 4. The van der Waals surface area contributed by atoms with E-state index in [0.29, 0.717) is 0 Å². The molecule has 0 N–H and O–H groups in total. The van der Waals surface area contributed by atoms with Crippen LogP contribution < -0.4 is 9.05 Å². The molecule has 0 fully saturated rings. The van der Waals surface area contributed by atoms with Gasteiger partial charge in [0.2, 0.25) is 0 Å². The molecule has 3 aromatic carbocycles. The van der Waals surface area contributed by atoms with Gasteiger partial charge in [0.1, 0.15) is 11.5 Å². The Bertz CT molecular complexity index is 1210. The molecule has 0 unspecified atom stereocenters. The van der Waals surface area contributed by atoms with Crippen molar-refractivity contribution in [2.75, 3.05) is 5.75 Å². The molecule has 0 radical (unpaired) electrons. The molecule has 3 aromatic rings. The lowest BCUT2D eigenvalue weighted by atomic mass is 10.0. The van der Waals surface area contributed by atoms with Crippen LogP contribution in [0.3, 0.4) is 0 Å². The molecule has 0 aliphatic carbocycles. The van der Waals surface area contributed by atoms with Crippen LogP contribution in [0.15, 0.2) is 78.9 Å². The lowest BCUT2D eigenvalue weighted by molar-refractivity contribution is 0.495. The first-order chi connectivity index (χ1) is 24.1. The number of rotatable bonds is 30. The van der Waals surface area contributed by atoms with E-state index in [1.807, 2.05) is 0 Å². The van der Waals surface area contributed by atoms with Crippen molar-refractivity contribution >= 4 is 28.9 Å². The number of benzene rings is 3. The highest BCUT2D eigenvalue weighted by Crippen LogP contribution is 2.61. The number of aryl methyl sites for hydroxylation is 3. The highest BCUT2D eigenvalue weighted by molar-refractivity contribution is 8.68. The van der Waals surface area contributed by atoms with E-state index in [9.17, 15) is 0 Å². The second-order valence-electron chi connectivity index (χ2n) is 13.8. The summed E-state index contributed by atoms with van der Waals surface area (Å²) < 4.78 is 13.7. The molecule has 0 aliphatic heterocycles. The Morgan fingerprint density at radius 1 is 0.449 bits per heavy atom. The van der Waals surface area contributed by atoms with E-state index >= 15 is 0 Å². The summed E-state index contributed by atoms with van der Waals surface area (Å²) in [6, 6.07) is 27.7. The Kier molecular flexibility index (Phi) is 23.0. The van der Waals surface area contributed by atoms with Crippen LogP contribution in [0.5, 0.6) is 11.5 Å². The molecule has 0 saturated carbocycles. The molecule has 0 atom stereocenters. The second kappa shape index (κ2) is 27.0. The van der Waals surface area contributed by atoms with E-state index in [1.54, 1.807) is 11.4 Å². The normalized spacial score (nSPS) is 11.6. The summed E-state index contributed by atoms with van der Waals surface area (Å²) in [6.07, 6.45) is 29.8. The zero-order valence-corrected chi connectivity index (χ0v) is 33.6. The van der Waals surface area contributed by atoms with E-state index in [1.165, 1.54) is 145 Å². The molecule has 49 heavy (non-hydrogen) atoms. The van der Waals surface area contributed by atoms with Crippen LogP contribution in [0.1, 0.15) is 159 Å². The molecule has 272 valence electrons. The summed E-state index contributed by atoms with van der Waals surface area (Å²) in [5.41, 5.74) is 1.09. The maximum Gasteiger partial charge on any atom is 0.348 e. The Morgan fingerprint density at radius 3 is 1.24 bits per heavy atom. The van der Waals surface area contributed by atoms with Gasteiger partial charge in [0.25, 0.3) is 0 Å². The average Bonchev–Trinajstić information content (AvgIpc) is 3.11. The Labute approximate surface area is 310 Å². The van der Waals surface area contributed by atoms with Crippen LogP contribution in [0, 0.1) is 0 Å². The highest BCUT2D eigenvalue weighted by Gasteiger charge is 2.26. The van der Waals surface area contributed by atoms with Crippen molar-refractivity contribution < 1.29 is 9.05 Å². The van der Waals surface area contributed by atoms with Crippen LogP contribution in [-0.4, -0.2) is 5.75 Å². The van der Waals surface area contributed by atoms with Gasteiger partial charge in [-0.25, -0.2) is 0 Å². The molecular weight excluding hydrogens is 656 g/mol. The molecule has 5 heteroatoms. The summed E-state index contributed by atoms with van der Waals surface area (Å²) in [5, 5.41) is 0. The van der Waals surface area contributed by atoms with Gasteiger partial charge in [0, 0.05) is 5.75 Å². The molecule has 0 aromatic heterocycles. The van der Waals surface area contributed by atoms with Crippen LogP contribution in [0.25, 0.3) is 0 Å². The molecule has 0 heterocycles. The van der Waals surface area contributed by atoms with Crippen molar-refractivity contribution in [2.24, 2.45) is 0 Å². The van der Waals surface area contributed by atoms with Gasteiger partial charge in [-0.2, -0.15) is 0 Å². The van der Waals surface area contributed by atoms with Crippen LogP contribution in [0.2, 0.25) is 0 Å². The fraction of sp³-hybridized carbons (Fsp3) is 0.591. The van der Waals surface area contributed by atoms with E-state index in [4.69, 9.17) is 20.9 Å². The zero-order chi connectivity index (χ0) is 34.7. The van der Waals surface area contributed by atoms with Gasteiger partial charge in [-0.1, -0.05) is 196 Å². The lowest BCUT2D eigenvalue weighted by Crippen LogP contribution is -2.03. The van der Waals surface area contributed by atoms with Crippen molar-refractivity contribution in [2.45, 2.75) is 162 Å². The molecule has 0 amide bonds. The monoisotopic (exact) mass is 722 g/mol. The van der Waals surface area contributed by atoms with Gasteiger partial charge >= 0.3 is 5.69 Å². The lowest BCUT2D eigenvalue weighted by Gasteiger charge is -2.25. The van der Waals surface area contributed by atoms with Gasteiger partial charge < -0.3 is 9.05 Å². The largest absolute Gasteiger partial charge is 0.428 e. The maximum absolute atomic E-state index is 6.84. The van der Waals surface area contributed by atoms with Crippen LogP contribution >= 0.6 is 17.1 Å². The Morgan fingerprint density at radius 2 is 0.816 bits per heavy atom. The standard InChI is InChI=1S/C44H67O2PS2/c1-3-5-7-9-11-13-15-17-19-24-32-41-34-26-28-36-43(41)45-47(48,49-39-38-40-30-22-21-23-31-40)46-44-37-29-27-35-42(44)33-25-20-18-16-14-12-10-8-6-4-2/h21-23,26-31,34-37H,3-20,24-25,32-33,38-39H2,1-2H3. The fourth-order valence-electron chi connectivity index (χ4n) is 6.44. The summed E-state index contributed by atoms with van der Waals surface area (Å²) >= 11 is 8.07. The third-order valence-electron chi connectivity index (χ3n) is 9.45. The predicted molar refractivity (Wildman–Crippen MR) is 222 cm³/mol. The SMILES string of the molecule is CCCCCCCCCCCCc1ccccc1OP(=S)(Oc1ccccc1CCCCCCCCCCCC)SCCc1ccccc1. The summed E-state index contributed by atoms with van der Waals surface area (Å²) in [5.74, 6) is 2.67. The van der Waals surface area contributed by atoms with E-state index in [0.717, 1.165) is 36.5 Å². The molecular formula is C44H67O2PS2. The third-order valence-corrected chi connectivity index (χ3v) is 14.3. The summed E-state index contributed by atoms with van der Waals surface area (Å²) in [7, 11) is 0. The van der Waals surface area contributed by atoms with Crippen molar-refractivity contribution in [3.63, 3.8) is 0 Å². The number of para-hydroxylation sites is 2. The molecule has 0 saturated heterocycles. The minimum atomic E-state index is -2.74. The first-order valence-corrected chi connectivity index (χ1v) is 24.2. The molecule has 2 nitrogen and oxygen atoms in total. The van der Waals surface area contributed by atoms with Gasteiger partial charge in [0.05, 0.1) is 0 Å². The van der Waals surface area contributed by atoms with Crippen molar-refractivity contribution in [3.8, 4) is 11.5 Å². The fourth-order valence-corrected chi connectivity index (χ4v) is 10.9. The topological polar surface area (TPSA) is 18.5 Å². The molecule has 0 spiro atoms. The summed E-state index contributed by atoms with van der Waals surface area (Å²) in [4.78, 5) is 0. The first-order valence-electron chi connectivity index (χ1n) is 20.0. The molecule has 0 aliphatic rings. The third kappa shape index (κ3) is 18.9. The van der Waals surface area contributed by atoms with Gasteiger partial charge in [-0.3, -0.25) is 0 Å². The van der Waals surface area contributed by atoms with Crippen LogP contribution in [0.4, 0.5) is 0 Å².